The number of alkyl halides is 4. The van der Waals surface area contributed by atoms with Crippen LogP contribution < -0.4 is 25.4 Å². The van der Waals surface area contributed by atoms with Crippen LogP contribution in [0.1, 0.15) is 16.9 Å². The van der Waals surface area contributed by atoms with Crippen molar-refractivity contribution in [2.45, 2.75) is 31.2 Å². The maximum atomic E-state index is 14.7. The number of ether oxygens (including phenoxy) is 2. The van der Waals surface area contributed by atoms with E-state index in [1.807, 2.05) is 11.9 Å². The Hall–Kier alpha value is -2.93. The summed E-state index contributed by atoms with van der Waals surface area (Å²) in [5.74, 6) is 6.78. The number of anilines is 2. The number of hydrogen-bond acceptors (Lipinski definition) is 7. The predicted octanol–water partition coefficient (Wildman–Crippen LogP) is 5.94. The second-order valence-electron chi connectivity index (χ2n) is 10.7. The highest BCUT2D eigenvalue weighted by Crippen LogP contribution is 2.46. The summed E-state index contributed by atoms with van der Waals surface area (Å²) in [7, 11) is -0.743. The minimum atomic E-state index is -4.42. The number of nitrogens with zero attached hydrogens (tertiary/aromatic N) is 1. The Morgan fingerprint density at radius 2 is 1.88 bits per heavy atom. The third-order valence-electron chi connectivity index (χ3n) is 7.10. The van der Waals surface area contributed by atoms with Gasteiger partial charge in [-0.3, -0.25) is 0 Å². The van der Waals surface area contributed by atoms with Gasteiger partial charge in [-0.1, -0.05) is 24.0 Å². The number of benzene rings is 2. The van der Waals surface area contributed by atoms with Crippen LogP contribution >= 0.6 is 18.5 Å². The normalized spacial score (nSPS) is 19.5. The zero-order chi connectivity index (χ0) is 29.4. The number of rotatable bonds is 6. The SMILES string of the molecule is CN1CC[C@@H](Nc2cccc3c(CC(F)(F)F)c(C#CCNc4ccc(P(C)(C)=O)c5c4OCCO5)sc23)[C@@H](F)C1. The molecule has 2 N–H and O–H groups in total. The molecule has 3 heterocycles. The monoisotopic (exact) mass is 609 g/mol. The molecule has 2 aliphatic rings. The predicted molar refractivity (Wildman–Crippen MR) is 158 cm³/mol. The van der Waals surface area contributed by atoms with E-state index in [1.165, 1.54) is 11.3 Å². The number of hydrogen-bond donors (Lipinski definition) is 2. The van der Waals surface area contributed by atoms with Crippen LogP contribution in [0.3, 0.4) is 0 Å². The van der Waals surface area contributed by atoms with Crippen LogP contribution in [0.4, 0.5) is 28.9 Å². The van der Waals surface area contributed by atoms with Crippen LogP contribution in [0.5, 0.6) is 11.5 Å². The average molecular weight is 610 g/mol. The van der Waals surface area contributed by atoms with Crippen molar-refractivity contribution in [2.75, 3.05) is 63.9 Å². The van der Waals surface area contributed by atoms with Crippen molar-refractivity contribution in [2.24, 2.45) is 0 Å². The number of nitrogens with one attached hydrogen (secondary N) is 2. The lowest BCUT2D eigenvalue weighted by molar-refractivity contribution is -0.126. The maximum absolute atomic E-state index is 14.7. The van der Waals surface area contributed by atoms with Crippen molar-refractivity contribution >= 4 is 45.2 Å². The van der Waals surface area contributed by atoms with Gasteiger partial charge in [0.2, 0.25) is 0 Å². The first kappa shape index (κ1) is 29.6. The van der Waals surface area contributed by atoms with Crippen LogP contribution in [0.25, 0.3) is 10.1 Å². The number of halogens is 4. The van der Waals surface area contributed by atoms with Gasteiger partial charge in [-0.2, -0.15) is 13.2 Å². The molecule has 0 unspecified atom stereocenters. The van der Waals surface area contributed by atoms with E-state index in [9.17, 15) is 22.1 Å². The summed E-state index contributed by atoms with van der Waals surface area (Å²) in [5.41, 5.74) is 1.34. The maximum Gasteiger partial charge on any atom is 0.393 e. The molecule has 1 aromatic heterocycles. The summed E-state index contributed by atoms with van der Waals surface area (Å²) in [6, 6.07) is 8.20. The number of likely N-dealkylation sites (tertiary alicyclic amines) is 1. The summed E-state index contributed by atoms with van der Waals surface area (Å²) >= 11 is 1.18. The molecular formula is C29H32F4N3O3PS. The van der Waals surface area contributed by atoms with Crippen LogP contribution in [0, 0.1) is 11.8 Å². The Morgan fingerprint density at radius 3 is 2.59 bits per heavy atom. The van der Waals surface area contributed by atoms with Crippen molar-refractivity contribution in [1.82, 2.24) is 4.90 Å². The van der Waals surface area contributed by atoms with E-state index in [2.05, 4.69) is 22.5 Å². The molecule has 3 aromatic rings. The van der Waals surface area contributed by atoms with E-state index in [4.69, 9.17) is 9.47 Å². The molecule has 1 fully saturated rings. The smallest absolute Gasteiger partial charge is 0.393 e. The largest absolute Gasteiger partial charge is 0.485 e. The number of thiophene rings is 1. The van der Waals surface area contributed by atoms with Crippen molar-refractivity contribution in [3.63, 3.8) is 0 Å². The first-order chi connectivity index (χ1) is 19.4. The van der Waals surface area contributed by atoms with Crippen molar-refractivity contribution in [3.8, 4) is 23.3 Å². The topological polar surface area (TPSA) is 62.8 Å². The second-order valence-corrected chi connectivity index (χ2v) is 14.9. The lowest BCUT2D eigenvalue weighted by Crippen LogP contribution is -2.46. The average Bonchev–Trinajstić information content (AvgIpc) is 3.24. The van der Waals surface area contributed by atoms with Gasteiger partial charge in [0, 0.05) is 13.1 Å². The van der Waals surface area contributed by atoms with Gasteiger partial charge in [-0.25, -0.2) is 4.39 Å². The molecule has 0 saturated carbocycles. The van der Waals surface area contributed by atoms with Crippen molar-refractivity contribution < 1.29 is 31.6 Å². The summed E-state index contributed by atoms with van der Waals surface area (Å²) in [6.45, 7) is 5.18. The van der Waals surface area contributed by atoms with Gasteiger partial charge in [0.25, 0.3) is 0 Å². The highest BCUT2D eigenvalue weighted by atomic mass is 32.1. The molecule has 0 radical (unpaired) electrons. The Balaban J connectivity index is 1.42. The standard InChI is InChI=1S/C29H32F4N3O3PS/c1-36-13-11-21(20(30)17-36)35-23-7-4-6-18-19(16-29(31,32)33)25(41-28(18)23)8-5-12-34-22-9-10-24(40(2,3)37)27-26(22)38-14-15-39-27/h4,6-7,9-10,20-21,34-35H,11-17H2,1-3H3/t20-,21+/m0/s1. The third kappa shape index (κ3) is 6.77. The van der Waals surface area contributed by atoms with Gasteiger partial charge < -0.3 is 29.6 Å². The summed E-state index contributed by atoms with van der Waals surface area (Å²) in [5, 5.41) is 7.47. The Kier molecular flexibility index (Phi) is 8.47. The highest BCUT2D eigenvalue weighted by molar-refractivity contribution is 7.70. The molecule has 5 rings (SSSR count). The molecular weight excluding hydrogens is 577 g/mol. The lowest BCUT2D eigenvalue weighted by atomic mass is 10.0. The van der Waals surface area contributed by atoms with Gasteiger partial charge in [0.15, 0.2) is 11.5 Å². The lowest BCUT2D eigenvalue weighted by Gasteiger charge is -2.33. The van der Waals surface area contributed by atoms with Crippen LogP contribution in [-0.4, -0.2) is 76.5 Å². The molecule has 12 heteroatoms. The van der Waals surface area contributed by atoms with Crippen molar-refractivity contribution in [1.29, 1.82) is 0 Å². The Morgan fingerprint density at radius 1 is 1.12 bits per heavy atom. The molecule has 220 valence electrons. The fourth-order valence-corrected chi connectivity index (χ4v) is 7.39. The molecule has 6 nitrogen and oxygen atoms in total. The van der Waals surface area contributed by atoms with Crippen LogP contribution in [-0.2, 0) is 11.0 Å². The van der Waals surface area contributed by atoms with E-state index < -0.39 is 32.0 Å². The number of fused-ring (bicyclic) bond motifs is 2. The molecule has 0 amide bonds. The molecule has 0 spiro atoms. The third-order valence-corrected chi connectivity index (χ3v) is 9.81. The van der Waals surface area contributed by atoms with E-state index in [0.29, 0.717) is 69.3 Å². The zero-order valence-electron chi connectivity index (χ0n) is 23.0. The van der Waals surface area contributed by atoms with E-state index in [0.717, 1.165) is 6.54 Å². The molecule has 1 saturated heterocycles. The molecule has 41 heavy (non-hydrogen) atoms. The Labute approximate surface area is 240 Å². The van der Waals surface area contributed by atoms with Gasteiger partial charge in [0.05, 0.1) is 45.3 Å². The first-order valence-corrected chi connectivity index (χ1v) is 16.7. The zero-order valence-corrected chi connectivity index (χ0v) is 24.7. The summed E-state index contributed by atoms with van der Waals surface area (Å²) < 4.78 is 80.4. The van der Waals surface area contributed by atoms with Gasteiger partial charge >= 0.3 is 6.18 Å². The molecule has 2 aliphatic heterocycles. The molecule has 2 atom stereocenters. The summed E-state index contributed by atoms with van der Waals surface area (Å²) in [6.07, 6.45) is -6.01. The van der Waals surface area contributed by atoms with Gasteiger partial charge in [-0.05, 0) is 55.9 Å². The van der Waals surface area contributed by atoms with E-state index in [1.54, 1.807) is 43.7 Å². The minimum Gasteiger partial charge on any atom is -0.485 e. The van der Waals surface area contributed by atoms with Gasteiger partial charge in [-0.15, -0.1) is 11.3 Å². The van der Waals surface area contributed by atoms with Crippen LogP contribution in [0.2, 0.25) is 0 Å². The fraction of sp³-hybridized carbons (Fsp3) is 0.448. The minimum absolute atomic E-state index is 0.119. The van der Waals surface area contributed by atoms with E-state index >= 15 is 0 Å². The fourth-order valence-electron chi connectivity index (χ4n) is 5.13. The second kappa shape index (κ2) is 11.7. The molecule has 0 aliphatic carbocycles. The van der Waals surface area contributed by atoms with E-state index in [-0.39, 0.29) is 12.1 Å². The van der Waals surface area contributed by atoms with Gasteiger partial charge in [0.1, 0.15) is 26.5 Å². The molecule has 0 bridgehead atoms. The summed E-state index contributed by atoms with van der Waals surface area (Å²) in [4.78, 5) is 2.25. The van der Waals surface area contributed by atoms with Crippen LogP contribution in [0.15, 0.2) is 30.3 Å². The van der Waals surface area contributed by atoms with Crippen molar-refractivity contribution in [3.05, 3.63) is 40.8 Å². The highest BCUT2D eigenvalue weighted by Gasteiger charge is 2.32. The number of piperidine rings is 1. The molecule has 2 aromatic carbocycles. The first-order valence-electron chi connectivity index (χ1n) is 13.3. The quantitative estimate of drug-likeness (QED) is 0.205. The Bertz CT molecular complexity index is 1540.